The van der Waals surface area contributed by atoms with Crippen molar-refractivity contribution < 1.29 is 26.7 Å². The third-order valence-electron chi connectivity index (χ3n) is 3.90. The summed E-state index contributed by atoms with van der Waals surface area (Å²) in [5.41, 5.74) is 0.287. The zero-order valence-electron chi connectivity index (χ0n) is 13.6. The summed E-state index contributed by atoms with van der Waals surface area (Å²) in [4.78, 5) is 12.2. The van der Waals surface area contributed by atoms with Crippen LogP contribution in [-0.2, 0) is 14.8 Å². The van der Waals surface area contributed by atoms with Crippen molar-refractivity contribution in [2.75, 3.05) is 31.6 Å². The molecule has 9 heteroatoms. The molecule has 1 N–H and O–H groups in total. The van der Waals surface area contributed by atoms with E-state index in [-0.39, 0.29) is 23.5 Å². The van der Waals surface area contributed by atoms with Gasteiger partial charge in [-0.3, -0.25) is 4.79 Å². The van der Waals surface area contributed by atoms with Crippen LogP contribution in [-0.4, -0.2) is 44.9 Å². The maximum atomic E-state index is 13.2. The second-order valence-electron chi connectivity index (χ2n) is 5.62. The maximum Gasteiger partial charge on any atom is 0.255 e. The highest BCUT2D eigenvalue weighted by atomic mass is 32.2. The number of nitrogens with one attached hydrogen (secondary N) is 1. The minimum atomic E-state index is -3.62. The molecule has 2 aromatic carbocycles. The molecule has 0 radical (unpaired) electrons. The Kier molecular flexibility index (Phi) is 5.30. The molecule has 0 bridgehead atoms. The van der Waals surface area contributed by atoms with Crippen LogP contribution < -0.4 is 5.32 Å². The van der Waals surface area contributed by atoms with Crippen molar-refractivity contribution in [2.24, 2.45) is 0 Å². The lowest BCUT2D eigenvalue weighted by Crippen LogP contribution is -2.40. The number of carbonyl (C=O) groups is 1. The first-order valence-electron chi connectivity index (χ1n) is 7.82. The summed E-state index contributed by atoms with van der Waals surface area (Å²) in [6.07, 6.45) is 0. The molecule has 138 valence electrons. The van der Waals surface area contributed by atoms with E-state index in [0.717, 1.165) is 18.2 Å². The molecule has 0 spiro atoms. The van der Waals surface area contributed by atoms with Crippen LogP contribution >= 0.6 is 0 Å². The predicted octanol–water partition coefficient (Wildman–Crippen LogP) is 2.24. The number of benzene rings is 2. The van der Waals surface area contributed by atoms with Crippen LogP contribution in [0.4, 0.5) is 14.5 Å². The van der Waals surface area contributed by atoms with Gasteiger partial charge in [0.25, 0.3) is 5.91 Å². The topological polar surface area (TPSA) is 75.7 Å². The number of hydrogen-bond donors (Lipinski definition) is 1. The van der Waals surface area contributed by atoms with Crippen LogP contribution in [0.15, 0.2) is 47.4 Å². The molecular weight excluding hydrogens is 366 g/mol. The van der Waals surface area contributed by atoms with E-state index < -0.39 is 27.6 Å². The Bertz CT molecular complexity index is 911. The lowest BCUT2D eigenvalue weighted by atomic mass is 10.2. The molecule has 1 amide bonds. The second-order valence-corrected chi connectivity index (χ2v) is 7.56. The summed E-state index contributed by atoms with van der Waals surface area (Å²) in [6.45, 7) is 1.27. The van der Waals surface area contributed by atoms with Crippen molar-refractivity contribution in [2.45, 2.75) is 4.90 Å². The van der Waals surface area contributed by atoms with Gasteiger partial charge in [-0.1, -0.05) is 0 Å². The highest BCUT2D eigenvalue weighted by molar-refractivity contribution is 7.89. The number of morpholine rings is 1. The maximum absolute atomic E-state index is 13.2. The van der Waals surface area contributed by atoms with Gasteiger partial charge in [0.1, 0.15) is 0 Å². The largest absolute Gasteiger partial charge is 0.379 e. The molecule has 1 heterocycles. The first kappa shape index (κ1) is 18.4. The Morgan fingerprint density at radius 3 is 2.27 bits per heavy atom. The first-order valence-corrected chi connectivity index (χ1v) is 9.26. The van der Waals surface area contributed by atoms with E-state index in [4.69, 9.17) is 4.74 Å². The summed E-state index contributed by atoms with van der Waals surface area (Å²) in [5.74, 6) is -2.79. The normalized spacial score (nSPS) is 15.6. The van der Waals surface area contributed by atoms with Crippen LogP contribution in [0.25, 0.3) is 0 Å². The number of amides is 1. The van der Waals surface area contributed by atoms with Gasteiger partial charge in [0.05, 0.1) is 18.1 Å². The number of anilines is 1. The fraction of sp³-hybridized carbons (Fsp3) is 0.235. The number of nitrogens with zero attached hydrogens (tertiary/aromatic N) is 1. The van der Waals surface area contributed by atoms with Gasteiger partial charge in [-0.15, -0.1) is 0 Å². The van der Waals surface area contributed by atoms with Gasteiger partial charge in [0, 0.05) is 24.3 Å². The number of hydrogen-bond acceptors (Lipinski definition) is 4. The molecule has 26 heavy (non-hydrogen) atoms. The third kappa shape index (κ3) is 3.90. The minimum absolute atomic E-state index is 0.0473. The number of ether oxygens (including phenoxy) is 1. The van der Waals surface area contributed by atoms with E-state index >= 15 is 0 Å². The number of carbonyl (C=O) groups excluding carboxylic acids is 1. The molecular formula is C17H16F2N2O4S. The van der Waals surface area contributed by atoms with E-state index in [1.807, 2.05) is 0 Å². The van der Waals surface area contributed by atoms with Gasteiger partial charge < -0.3 is 10.1 Å². The standard InChI is InChI=1S/C17H16F2N2O4S/c18-15-6-1-12(11-16(15)19)17(22)20-13-2-4-14(5-3-13)26(23,24)21-7-9-25-10-8-21/h1-6,11H,7-10H2,(H,20,22). The molecule has 0 saturated carbocycles. The Balaban J connectivity index is 1.73. The van der Waals surface area contributed by atoms with Crippen LogP contribution in [0.3, 0.4) is 0 Å². The molecule has 2 aromatic rings. The fourth-order valence-corrected chi connectivity index (χ4v) is 3.89. The van der Waals surface area contributed by atoms with E-state index in [2.05, 4.69) is 5.32 Å². The predicted molar refractivity (Wildman–Crippen MR) is 90.3 cm³/mol. The molecule has 3 rings (SSSR count). The average Bonchev–Trinajstić information content (AvgIpc) is 2.65. The first-order chi connectivity index (χ1) is 12.4. The van der Waals surface area contributed by atoms with Crippen molar-refractivity contribution in [3.05, 3.63) is 59.7 Å². The molecule has 0 unspecified atom stereocenters. The van der Waals surface area contributed by atoms with Gasteiger partial charge in [0.2, 0.25) is 10.0 Å². The highest BCUT2D eigenvalue weighted by Gasteiger charge is 2.26. The number of halogens is 2. The van der Waals surface area contributed by atoms with Crippen LogP contribution in [0, 0.1) is 11.6 Å². The molecule has 0 atom stereocenters. The molecule has 0 aliphatic carbocycles. The monoisotopic (exact) mass is 382 g/mol. The smallest absolute Gasteiger partial charge is 0.255 e. The summed E-state index contributed by atoms with van der Waals surface area (Å²) >= 11 is 0. The Morgan fingerprint density at radius 1 is 1.00 bits per heavy atom. The van der Waals surface area contributed by atoms with E-state index in [0.29, 0.717) is 18.9 Å². The number of rotatable bonds is 4. The molecule has 1 aliphatic heterocycles. The quantitative estimate of drug-likeness (QED) is 0.880. The Hall–Kier alpha value is -2.36. The zero-order valence-corrected chi connectivity index (χ0v) is 14.4. The highest BCUT2D eigenvalue weighted by Crippen LogP contribution is 2.20. The van der Waals surface area contributed by atoms with E-state index in [1.165, 1.54) is 28.6 Å². The van der Waals surface area contributed by atoms with Crippen LogP contribution in [0.1, 0.15) is 10.4 Å². The van der Waals surface area contributed by atoms with Gasteiger partial charge in [-0.25, -0.2) is 17.2 Å². The molecule has 1 aliphatic rings. The second kappa shape index (κ2) is 7.48. The SMILES string of the molecule is O=C(Nc1ccc(S(=O)(=O)N2CCOCC2)cc1)c1ccc(F)c(F)c1. The Morgan fingerprint density at radius 2 is 1.65 bits per heavy atom. The third-order valence-corrected chi connectivity index (χ3v) is 5.81. The van der Waals surface area contributed by atoms with E-state index in [1.54, 1.807) is 0 Å². The Labute approximate surface area is 149 Å². The van der Waals surface area contributed by atoms with E-state index in [9.17, 15) is 22.0 Å². The van der Waals surface area contributed by atoms with Crippen molar-refractivity contribution in [3.8, 4) is 0 Å². The van der Waals surface area contributed by atoms with Crippen LogP contribution in [0.5, 0.6) is 0 Å². The lowest BCUT2D eigenvalue weighted by molar-refractivity contribution is 0.0730. The summed E-state index contributed by atoms with van der Waals surface area (Å²) < 4.78 is 57.6. The number of sulfonamides is 1. The average molecular weight is 382 g/mol. The van der Waals surface area contributed by atoms with Gasteiger partial charge in [-0.05, 0) is 42.5 Å². The molecule has 0 aromatic heterocycles. The van der Waals surface area contributed by atoms with Crippen molar-refractivity contribution in [3.63, 3.8) is 0 Å². The van der Waals surface area contributed by atoms with Crippen LogP contribution in [0.2, 0.25) is 0 Å². The van der Waals surface area contributed by atoms with Gasteiger partial charge in [0.15, 0.2) is 11.6 Å². The summed E-state index contributed by atoms with van der Waals surface area (Å²) in [6, 6.07) is 8.45. The summed E-state index contributed by atoms with van der Waals surface area (Å²) in [5, 5.41) is 2.51. The summed E-state index contributed by atoms with van der Waals surface area (Å²) in [7, 11) is -3.62. The molecule has 1 saturated heterocycles. The molecule has 1 fully saturated rings. The van der Waals surface area contributed by atoms with Crippen molar-refractivity contribution >= 4 is 21.6 Å². The van der Waals surface area contributed by atoms with Crippen molar-refractivity contribution in [1.82, 2.24) is 4.31 Å². The minimum Gasteiger partial charge on any atom is -0.379 e. The van der Waals surface area contributed by atoms with Crippen molar-refractivity contribution in [1.29, 1.82) is 0 Å². The lowest BCUT2D eigenvalue weighted by Gasteiger charge is -2.26. The molecule has 6 nitrogen and oxygen atoms in total. The van der Waals surface area contributed by atoms with Gasteiger partial charge in [-0.2, -0.15) is 4.31 Å². The van der Waals surface area contributed by atoms with Gasteiger partial charge >= 0.3 is 0 Å². The zero-order chi connectivity index (χ0) is 18.7. The fourth-order valence-electron chi connectivity index (χ4n) is 2.49.